The lowest BCUT2D eigenvalue weighted by Gasteiger charge is -2.11. The standard InChI is InChI=1S/C23H21N7O/c1-30(2)13-21(31)25-16-5-3-4-14(10-16)17-6-7-19-22(27-17)23(29-28-19)20-11-15-12-24-9-8-18(15)26-20/h3-12,26H,13H2,1-2H3,(H,25,31)(H,28,29). The van der Waals surface area contributed by atoms with Gasteiger partial charge in [0.1, 0.15) is 11.2 Å². The average molecular weight is 411 g/mol. The van der Waals surface area contributed by atoms with E-state index in [-0.39, 0.29) is 5.91 Å². The number of hydrogen-bond donors (Lipinski definition) is 3. The fraction of sp³-hybridized carbons (Fsp3) is 0.130. The van der Waals surface area contributed by atoms with Crippen molar-refractivity contribution >= 4 is 33.5 Å². The second-order valence-electron chi connectivity index (χ2n) is 7.68. The Labute approximate surface area is 178 Å². The number of nitrogens with one attached hydrogen (secondary N) is 3. The molecule has 0 aliphatic heterocycles. The van der Waals surface area contributed by atoms with Crippen LogP contribution in [0, 0.1) is 0 Å². The first kappa shape index (κ1) is 19.0. The van der Waals surface area contributed by atoms with Gasteiger partial charge in [-0.05, 0) is 50.5 Å². The third kappa shape index (κ3) is 3.76. The zero-order valence-corrected chi connectivity index (χ0v) is 17.2. The molecule has 0 radical (unpaired) electrons. The number of nitrogens with zero attached hydrogens (tertiary/aromatic N) is 4. The average Bonchev–Trinajstić information content (AvgIpc) is 3.36. The Morgan fingerprint density at radius 1 is 1.10 bits per heavy atom. The molecule has 0 aliphatic rings. The molecule has 8 nitrogen and oxygen atoms in total. The normalized spacial score (nSPS) is 11.5. The van der Waals surface area contributed by atoms with Gasteiger partial charge in [0.25, 0.3) is 0 Å². The third-order valence-electron chi connectivity index (χ3n) is 4.99. The Balaban J connectivity index is 1.51. The quantitative estimate of drug-likeness (QED) is 0.410. The zero-order chi connectivity index (χ0) is 21.4. The van der Waals surface area contributed by atoms with E-state index in [2.05, 4.69) is 25.5 Å². The lowest BCUT2D eigenvalue weighted by Crippen LogP contribution is -2.27. The topological polar surface area (TPSA) is 103 Å². The molecule has 0 fully saturated rings. The molecule has 4 heterocycles. The largest absolute Gasteiger partial charge is 0.353 e. The van der Waals surface area contributed by atoms with Gasteiger partial charge in [0.05, 0.1) is 23.4 Å². The van der Waals surface area contributed by atoms with E-state index in [0.29, 0.717) is 6.54 Å². The highest BCUT2D eigenvalue weighted by Crippen LogP contribution is 2.29. The Morgan fingerprint density at radius 2 is 2.00 bits per heavy atom. The first-order valence-electron chi connectivity index (χ1n) is 9.90. The fourth-order valence-electron chi connectivity index (χ4n) is 3.59. The van der Waals surface area contributed by atoms with Crippen LogP contribution >= 0.6 is 0 Å². The summed E-state index contributed by atoms with van der Waals surface area (Å²) in [6, 6.07) is 15.6. The van der Waals surface area contributed by atoms with Crippen LogP contribution in [-0.2, 0) is 4.79 Å². The van der Waals surface area contributed by atoms with E-state index in [1.54, 1.807) is 6.20 Å². The molecule has 31 heavy (non-hydrogen) atoms. The van der Waals surface area contributed by atoms with Crippen LogP contribution in [0.4, 0.5) is 5.69 Å². The summed E-state index contributed by atoms with van der Waals surface area (Å²) in [7, 11) is 3.72. The van der Waals surface area contributed by atoms with E-state index < -0.39 is 0 Å². The van der Waals surface area contributed by atoms with Crippen LogP contribution in [0.15, 0.2) is 60.9 Å². The van der Waals surface area contributed by atoms with Gasteiger partial charge in [-0.1, -0.05) is 12.1 Å². The molecule has 1 amide bonds. The van der Waals surface area contributed by atoms with Crippen LogP contribution in [0.1, 0.15) is 0 Å². The summed E-state index contributed by atoms with van der Waals surface area (Å²) in [6.45, 7) is 0.326. The molecule has 0 bridgehead atoms. The number of amides is 1. The summed E-state index contributed by atoms with van der Waals surface area (Å²) < 4.78 is 0. The molecule has 3 N–H and O–H groups in total. The van der Waals surface area contributed by atoms with Gasteiger partial charge in [-0.2, -0.15) is 5.10 Å². The number of carbonyl (C=O) groups is 1. The number of benzene rings is 1. The predicted octanol–water partition coefficient (Wildman–Crippen LogP) is 3.67. The van der Waals surface area contributed by atoms with Gasteiger partial charge < -0.3 is 15.2 Å². The number of H-pyrrole nitrogens is 2. The Kier molecular flexibility index (Phi) is 4.68. The van der Waals surface area contributed by atoms with Crippen molar-refractivity contribution in [3.05, 3.63) is 60.9 Å². The van der Waals surface area contributed by atoms with Gasteiger partial charge in [0.15, 0.2) is 0 Å². The van der Waals surface area contributed by atoms with Crippen molar-refractivity contribution < 1.29 is 4.79 Å². The van der Waals surface area contributed by atoms with Crippen molar-refractivity contribution in [1.29, 1.82) is 0 Å². The second-order valence-corrected chi connectivity index (χ2v) is 7.68. The van der Waals surface area contributed by atoms with E-state index in [1.165, 1.54) is 0 Å². The fourth-order valence-corrected chi connectivity index (χ4v) is 3.59. The van der Waals surface area contributed by atoms with Gasteiger partial charge in [0, 0.05) is 34.5 Å². The molecular weight excluding hydrogens is 390 g/mol. The van der Waals surface area contributed by atoms with Gasteiger partial charge in [-0.3, -0.25) is 14.9 Å². The molecule has 0 aliphatic carbocycles. The maximum absolute atomic E-state index is 12.1. The molecule has 0 saturated carbocycles. The van der Waals surface area contributed by atoms with Crippen LogP contribution < -0.4 is 5.32 Å². The van der Waals surface area contributed by atoms with Gasteiger partial charge in [0.2, 0.25) is 5.91 Å². The Morgan fingerprint density at radius 3 is 2.84 bits per heavy atom. The molecule has 0 spiro atoms. The van der Waals surface area contributed by atoms with E-state index in [1.807, 2.05) is 73.7 Å². The summed E-state index contributed by atoms with van der Waals surface area (Å²) in [5.41, 5.74) is 6.71. The number of aromatic nitrogens is 5. The minimum absolute atomic E-state index is 0.0593. The van der Waals surface area contributed by atoms with Crippen molar-refractivity contribution in [2.24, 2.45) is 0 Å². The third-order valence-corrected chi connectivity index (χ3v) is 4.99. The summed E-state index contributed by atoms with van der Waals surface area (Å²) in [4.78, 5) is 26.3. The number of hydrogen-bond acceptors (Lipinski definition) is 5. The van der Waals surface area contributed by atoms with Gasteiger partial charge in [-0.25, -0.2) is 4.98 Å². The number of fused-ring (bicyclic) bond motifs is 2. The van der Waals surface area contributed by atoms with Crippen LogP contribution in [0.2, 0.25) is 0 Å². The molecule has 0 saturated heterocycles. The molecule has 5 aromatic rings. The number of pyridine rings is 2. The molecular formula is C23H21N7O. The van der Waals surface area contributed by atoms with Crippen LogP contribution in [0.25, 0.3) is 44.6 Å². The molecule has 1 aromatic carbocycles. The highest BCUT2D eigenvalue weighted by Gasteiger charge is 2.14. The van der Waals surface area contributed by atoms with Crippen molar-refractivity contribution in [2.45, 2.75) is 0 Å². The highest BCUT2D eigenvalue weighted by molar-refractivity contribution is 5.95. The molecule has 154 valence electrons. The number of rotatable bonds is 5. The van der Waals surface area contributed by atoms with Crippen molar-refractivity contribution in [2.75, 3.05) is 26.0 Å². The lowest BCUT2D eigenvalue weighted by atomic mass is 10.1. The molecule has 5 rings (SSSR count). The van der Waals surface area contributed by atoms with Crippen LogP contribution in [0.5, 0.6) is 0 Å². The first-order valence-corrected chi connectivity index (χ1v) is 9.90. The van der Waals surface area contributed by atoms with E-state index in [0.717, 1.165) is 50.3 Å². The Hall–Kier alpha value is -4.04. The molecule has 8 heteroatoms. The second kappa shape index (κ2) is 7.66. The molecule has 4 aromatic heterocycles. The summed E-state index contributed by atoms with van der Waals surface area (Å²) >= 11 is 0. The maximum atomic E-state index is 12.1. The summed E-state index contributed by atoms with van der Waals surface area (Å²) in [5, 5.41) is 11.5. The van der Waals surface area contributed by atoms with Crippen LogP contribution in [0.3, 0.4) is 0 Å². The van der Waals surface area contributed by atoms with E-state index >= 15 is 0 Å². The number of likely N-dealkylation sites (N-methyl/N-ethyl adjacent to an activating group) is 1. The van der Waals surface area contributed by atoms with Gasteiger partial charge >= 0.3 is 0 Å². The maximum Gasteiger partial charge on any atom is 0.238 e. The molecule has 0 unspecified atom stereocenters. The summed E-state index contributed by atoms with van der Waals surface area (Å²) in [5.74, 6) is -0.0593. The van der Waals surface area contributed by atoms with Crippen molar-refractivity contribution in [1.82, 2.24) is 30.0 Å². The lowest BCUT2D eigenvalue weighted by molar-refractivity contribution is -0.116. The number of anilines is 1. The SMILES string of the molecule is CN(C)CC(=O)Nc1cccc(-c2ccc3[nH]nc(-c4cc5cnccc5[nH]4)c3n2)c1. The molecule has 0 atom stereocenters. The Bertz CT molecular complexity index is 1370. The minimum atomic E-state index is -0.0593. The zero-order valence-electron chi connectivity index (χ0n) is 17.2. The van der Waals surface area contributed by atoms with E-state index in [4.69, 9.17) is 4.98 Å². The number of carbonyl (C=O) groups excluding carboxylic acids is 1. The van der Waals surface area contributed by atoms with Gasteiger partial charge in [-0.15, -0.1) is 0 Å². The van der Waals surface area contributed by atoms with Crippen LogP contribution in [-0.4, -0.2) is 56.6 Å². The van der Waals surface area contributed by atoms with Crippen molar-refractivity contribution in [3.63, 3.8) is 0 Å². The highest BCUT2D eigenvalue weighted by atomic mass is 16.2. The first-order chi connectivity index (χ1) is 15.1. The summed E-state index contributed by atoms with van der Waals surface area (Å²) in [6.07, 6.45) is 3.57. The smallest absolute Gasteiger partial charge is 0.238 e. The minimum Gasteiger partial charge on any atom is -0.353 e. The predicted molar refractivity (Wildman–Crippen MR) is 122 cm³/mol. The van der Waals surface area contributed by atoms with E-state index in [9.17, 15) is 4.79 Å². The van der Waals surface area contributed by atoms with Crippen molar-refractivity contribution in [3.8, 4) is 22.6 Å². The number of aromatic amines is 2. The monoisotopic (exact) mass is 411 g/mol.